The van der Waals surface area contributed by atoms with Gasteiger partial charge in [0, 0.05) is 6.54 Å². The Morgan fingerprint density at radius 1 is 1.43 bits per heavy atom. The predicted molar refractivity (Wildman–Crippen MR) is 51.2 cm³/mol. The minimum absolute atomic E-state index is 0.415. The Hall–Kier alpha value is -0.620. The van der Waals surface area contributed by atoms with E-state index in [9.17, 15) is 13.2 Å². The van der Waals surface area contributed by atoms with E-state index in [0.717, 1.165) is 19.1 Å². The molecule has 0 amide bonds. The van der Waals surface area contributed by atoms with Crippen molar-refractivity contribution < 1.29 is 17.9 Å². The molecule has 0 radical (unpaired) electrons. The highest BCUT2D eigenvalue weighted by Crippen LogP contribution is 2.20. The number of sulfonamides is 1. The maximum absolute atomic E-state index is 11.3. The SMILES string of the molecule is COC(=O)[C@@H]1CCCCN1S(C)(=O)=O. The Bertz CT molecular complexity index is 311. The Morgan fingerprint density at radius 2 is 2.07 bits per heavy atom. The molecule has 0 bridgehead atoms. The average Bonchev–Trinajstić information content (AvgIpc) is 2.15. The second kappa shape index (κ2) is 4.27. The van der Waals surface area contributed by atoms with Gasteiger partial charge >= 0.3 is 5.97 Å². The summed E-state index contributed by atoms with van der Waals surface area (Å²) in [6, 6.07) is -0.622. The number of carbonyl (C=O) groups is 1. The lowest BCUT2D eigenvalue weighted by Crippen LogP contribution is -2.47. The molecular formula is C8H15NO4S. The largest absolute Gasteiger partial charge is 0.468 e. The third-order valence-corrected chi connectivity index (χ3v) is 3.64. The quantitative estimate of drug-likeness (QED) is 0.614. The number of hydrogen-bond acceptors (Lipinski definition) is 4. The highest BCUT2D eigenvalue weighted by Gasteiger charge is 2.34. The molecule has 0 aliphatic carbocycles. The van der Waals surface area contributed by atoms with Gasteiger partial charge in [0.15, 0.2) is 0 Å². The normalized spacial score (nSPS) is 24.6. The molecule has 0 spiro atoms. The zero-order chi connectivity index (χ0) is 10.8. The van der Waals surface area contributed by atoms with Crippen LogP contribution in [0.5, 0.6) is 0 Å². The molecule has 0 aromatic rings. The van der Waals surface area contributed by atoms with E-state index in [1.165, 1.54) is 11.4 Å². The standard InChI is InChI=1S/C8H15NO4S/c1-13-8(10)7-5-3-4-6-9(7)14(2,11)12/h7H,3-6H2,1-2H3/t7-/m0/s1. The summed E-state index contributed by atoms with van der Waals surface area (Å²) in [5, 5.41) is 0. The number of ether oxygens (including phenoxy) is 1. The molecule has 14 heavy (non-hydrogen) atoms. The van der Waals surface area contributed by atoms with Crippen LogP contribution in [0.3, 0.4) is 0 Å². The van der Waals surface area contributed by atoms with Crippen molar-refractivity contribution in [1.29, 1.82) is 0 Å². The number of esters is 1. The summed E-state index contributed by atoms with van der Waals surface area (Å²) in [6.07, 6.45) is 3.35. The van der Waals surface area contributed by atoms with Gasteiger partial charge < -0.3 is 4.74 Å². The molecule has 5 nitrogen and oxygen atoms in total. The third kappa shape index (κ3) is 2.45. The van der Waals surface area contributed by atoms with E-state index in [1.54, 1.807) is 0 Å². The molecule has 0 unspecified atom stereocenters. The van der Waals surface area contributed by atoms with Crippen molar-refractivity contribution in [2.45, 2.75) is 25.3 Å². The summed E-state index contributed by atoms with van der Waals surface area (Å²) in [4.78, 5) is 11.3. The van der Waals surface area contributed by atoms with Gasteiger partial charge in [-0.2, -0.15) is 4.31 Å². The van der Waals surface area contributed by atoms with Crippen LogP contribution in [0.4, 0.5) is 0 Å². The Morgan fingerprint density at radius 3 is 2.57 bits per heavy atom. The van der Waals surface area contributed by atoms with Crippen LogP contribution in [0.25, 0.3) is 0 Å². The van der Waals surface area contributed by atoms with Crippen LogP contribution in [-0.4, -0.2) is 44.6 Å². The zero-order valence-corrected chi connectivity index (χ0v) is 9.21. The molecular weight excluding hydrogens is 206 g/mol. The minimum Gasteiger partial charge on any atom is -0.468 e. The third-order valence-electron chi connectivity index (χ3n) is 2.35. The van der Waals surface area contributed by atoms with E-state index in [4.69, 9.17) is 0 Å². The smallest absolute Gasteiger partial charge is 0.324 e. The van der Waals surface area contributed by atoms with Crippen LogP contribution >= 0.6 is 0 Å². The van der Waals surface area contributed by atoms with Gasteiger partial charge in [-0.25, -0.2) is 8.42 Å². The molecule has 0 aromatic heterocycles. The fourth-order valence-electron chi connectivity index (χ4n) is 1.67. The summed E-state index contributed by atoms with van der Waals surface area (Å²) in [5.41, 5.74) is 0. The van der Waals surface area contributed by atoms with Crippen molar-refractivity contribution in [3.8, 4) is 0 Å². The van der Waals surface area contributed by atoms with E-state index in [-0.39, 0.29) is 0 Å². The maximum atomic E-state index is 11.3. The van der Waals surface area contributed by atoms with E-state index in [2.05, 4.69) is 4.74 Å². The van der Waals surface area contributed by atoms with Crippen LogP contribution in [-0.2, 0) is 19.6 Å². The summed E-state index contributed by atoms with van der Waals surface area (Å²) in [7, 11) is -2.02. The second-order valence-electron chi connectivity index (χ2n) is 3.41. The molecule has 0 N–H and O–H groups in total. The number of nitrogens with zero attached hydrogens (tertiary/aromatic N) is 1. The van der Waals surface area contributed by atoms with Crippen LogP contribution in [0, 0.1) is 0 Å². The van der Waals surface area contributed by atoms with E-state index in [1.807, 2.05) is 0 Å². The number of methoxy groups -OCH3 is 1. The molecule has 1 aliphatic rings. The van der Waals surface area contributed by atoms with Gasteiger partial charge in [-0.15, -0.1) is 0 Å². The first-order valence-corrected chi connectivity index (χ1v) is 6.36. The summed E-state index contributed by atoms with van der Waals surface area (Å²) < 4.78 is 28.5. The van der Waals surface area contributed by atoms with Crippen molar-refractivity contribution in [2.75, 3.05) is 19.9 Å². The van der Waals surface area contributed by atoms with Crippen molar-refractivity contribution in [2.24, 2.45) is 0 Å². The van der Waals surface area contributed by atoms with E-state index < -0.39 is 22.0 Å². The topological polar surface area (TPSA) is 63.7 Å². The fourth-order valence-corrected chi connectivity index (χ4v) is 2.79. The predicted octanol–water partition coefficient (Wildman–Crippen LogP) is -0.0265. The van der Waals surface area contributed by atoms with Gasteiger partial charge in [0.1, 0.15) is 6.04 Å². The molecule has 1 aliphatic heterocycles. The number of hydrogen-bond donors (Lipinski definition) is 0. The number of piperidine rings is 1. The molecule has 1 atom stereocenters. The van der Waals surface area contributed by atoms with Crippen molar-refractivity contribution in [3.05, 3.63) is 0 Å². The first-order valence-electron chi connectivity index (χ1n) is 4.51. The van der Waals surface area contributed by atoms with Crippen LogP contribution < -0.4 is 0 Å². The molecule has 1 heterocycles. The van der Waals surface area contributed by atoms with Crippen molar-refractivity contribution in [3.63, 3.8) is 0 Å². The van der Waals surface area contributed by atoms with E-state index >= 15 is 0 Å². The lowest BCUT2D eigenvalue weighted by molar-refractivity contribution is -0.146. The maximum Gasteiger partial charge on any atom is 0.324 e. The van der Waals surface area contributed by atoms with Crippen LogP contribution in [0.1, 0.15) is 19.3 Å². The molecule has 82 valence electrons. The van der Waals surface area contributed by atoms with Crippen LogP contribution in [0.15, 0.2) is 0 Å². The number of rotatable bonds is 2. The van der Waals surface area contributed by atoms with Gasteiger partial charge in [-0.05, 0) is 19.3 Å². The lowest BCUT2D eigenvalue weighted by atomic mass is 10.1. The first kappa shape index (κ1) is 11.5. The Labute approximate surface area is 84.1 Å². The summed E-state index contributed by atoms with van der Waals surface area (Å²) in [5.74, 6) is -0.463. The highest BCUT2D eigenvalue weighted by molar-refractivity contribution is 7.88. The van der Waals surface area contributed by atoms with Gasteiger partial charge in [-0.3, -0.25) is 4.79 Å². The van der Waals surface area contributed by atoms with Gasteiger partial charge in [0.05, 0.1) is 13.4 Å². The highest BCUT2D eigenvalue weighted by atomic mass is 32.2. The second-order valence-corrected chi connectivity index (χ2v) is 5.34. The van der Waals surface area contributed by atoms with Crippen molar-refractivity contribution in [1.82, 2.24) is 4.31 Å². The van der Waals surface area contributed by atoms with Crippen molar-refractivity contribution >= 4 is 16.0 Å². The van der Waals surface area contributed by atoms with Gasteiger partial charge in [-0.1, -0.05) is 0 Å². The zero-order valence-electron chi connectivity index (χ0n) is 8.39. The molecule has 0 aromatic carbocycles. The van der Waals surface area contributed by atoms with E-state index in [0.29, 0.717) is 13.0 Å². The summed E-state index contributed by atoms with van der Waals surface area (Å²) >= 11 is 0. The van der Waals surface area contributed by atoms with Gasteiger partial charge in [0.2, 0.25) is 10.0 Å². The minimum atomic E-state index is -3.30. The lowest BCUT2D eigenvalue weighted by Gasteiger charge is -2.31. The monoisotopic (exact) mass is 221 g/mol. The number of carbonyl (C=O) groups excluding carboxylic acids is 1. The first-order chi connectivity index (χ1) is 6.46. The molecule has 0 saturated carbocycles. The average molecular weight is 221 g/mol. The Kier molecular flexibility index (Phi) is 3.49. The van der Waals surface area contributed by atoms with Crippen LogP contribution in [0.2, 0.25) is 0 Å². The summed E-state index contributed by atoms with van der Waals surface area (Å²) in [6.45, 7) is 0.415. The molecule has 1 fully saturated rings. The fraction of sp³-hybridized carbons (Fsp3) is 0.875. The molecule has 6 heteroatoms. The van der Waals surface area contributed by atoms with Gasteiger partial charge in [0.25, 0.3) is 0 Å². The Balaban J connectivity index is 2.85. The molecule has 1 rings (SSSR count). The molecule has 1 saturated heterocycles.